The van der Waals surface area contributed by atoms with E-state index in [-0.39, 0.29) is 96.9 Å². The Morgan fingerprint density at radius 3 is 1.26 bits per heavy atom. The van der Waals surface area contributed by atoms with Gasteiger partial charge in [-0.05, 0) is 66.7 Å². The van der Waals surface area contributed by atoms with E-state index in [4.69, 9.17) is 0 Å². The lowest BCUT2D eigenvalue weighted by atomic mass is 9.89. The monoisotopic (exact) mass is 916 g/mol. The Morgan fingerprint density at radius 1 is 0.456 bits per heavy atom. The Labute approximate surface area is 394 Å². The molecular formula is C54H56N6O8. The summed E-state index contributed by atoms with van der Waals surface area (Å²) in [5.74, 6) is -3.89. The maximum Gasteiger partial charge on any atom is 0.317 e. The fourth-order valence-corrected chi connectivity index (χ4v) is 9.53. The molecule has 14 nitrogen and oxygen atoms in total. The van der Waals surface area contributed by atoms with E-state index in [1.165, 1.54) is 0 Å². The molecule has 0 aromatic heterocycles. The van der Waals surface area contributed by atoms with Crippen molar-refractivity contribution < 1.29 is 39.3 Å². The smallest absolute Gasteiger partial charge is 0.317 e. The van der Waals surface area contributed by atoms with Gasteiger partial charge in [0.25, 0.3) is 0 Å². The van der Waals surface area contributed by atoms with E-state index in [1.807, 2.05) is 114 Å². The molecule has 14 heteroatoms. The van der Waals surface area contributed by atoms with Crippen LogP contribution in [0, 0.1) is 0 Å². The average molecular weight is 917 g/mol. The molecule has 1 saturated heterocycles. The van der Waals surface area contributed by atoms with Crippen LogP contribution in [-0.4, -0.2) is 148 Å². The van der Waals surface area contributed by atoms with Crippen molar-refractivity contribution in [2.24, 2.45) is 0 Å². The summed E-state index contributed by atoms with van der Waals surface area (Å²) in [4.78, 5) is 76.1. The number of amides is 2. The normalized spacial score (nSPS) is 15.5. The van der Waals surface area contributed by atoms with E-state index >= 15 is 9.59 Å². The maximum absolute atomic E-state index is 15.9. The first kappa shape index (κ1) is 47.3. The van der Waals surface area contributed by atoms with Crippen molar-refractivity contribution >= 4 is 62.0 Å². The van der Waals surface area contributed by atoms with Crippen LogP contribution in [-0.2, 0) is 30.5 Å². The standard InChI is InChI=1S/C54H56N6O8/c61-46(34-56-23-25-57(35-47(62)63)27-29-59(37-49(66)67)30-28-58(26-24-56)36-48(64)65)60(52(41-13-6-2-7-14-41)42-15-8-3-9-16-42)53(54(68)55-33-38-11-4-1-5-12-38)45-31-43-21-19-39-17-10-18-40-20-22-44(32-45)51(43)50(39)40/h1-22,31-32,52-53H,23-30,33-37H2,(H,55,68)(H,62,63)(H,64,65)(H,66,67). The number of carboxylic acids is 3. The topological polar surface area (TPSA) is 174 Å². The first-order valence-electron chi connectivity index (χ1n) is 23.0. The Bertz CT molecular complexity index is 2710. The molecule has 0 radical (unpaired) electrons. The molecule has 0 spiro atoms. The van der Waals surface area contributed by atoms with Gasteiger partial charge in [0.2, 0.25) is 11.8 Å². The lowest BCUT2D eigenvalue weighted by molar-refractivity contribution is -0.144. The van der Waals surface area contributed by atoms with E-state index in [0.717, 1.165) is 49.0 Å². The highest BCUT2D eigenvalue weighted by atomic mass is 16.4. The third kappa shape index (κ3) is 11.6. The first-order valence-corrected chi connectivity index (χ1v) is 23.0. The summed E-state index contributed by atoms with van der Waals surface area (Å²) in [5.41, 5.74) is 3.07. The van der Waals surface area contributed by atoms with Crippen molar-refractivity contribution in [3.8, 4) is 0 Å². The van der Waals surface area contributed by atoms with Gasteiger partial charge in [0.15, 0.2) is 0 Å². The number of rotatable bonds is 16. The van der Waals surface area contributed by atoms with E-state index in [1.54, 1.807) is 19.6 Å². The van der Waals surface area contributed by atoms with Gasteiger partial charge in [-0.25, -0.2) is 0 Å². The number of carbonyl (C=O) groups excluding carboxylic acids is 2. The second kappa shape index (κ2) is 22.0. The fraction of sp³-hybridized carbons (Fsp3) is 0.278. The summed E-state index contributed by atoms with van der Waals surface area (Å²) in [5, 5.41) is 38.9. The van der Waals surface area contributed by atoms with Crippen molar-refractivity contribution in [3.05, 3.63) is 168 Å². The minimum absolute atomic E-state index is 0.195. The molecule has 68 heavy (non-hydrogen) atoms. The van der Waals surface area contributed by atoms with Crippen LogP contribution in [0.15, 0.2) is 146 Å². The van der Waals surface area contributed by atoms with Crippen molar-refractivity contribution in [2.75, 3.05) is 78.5 Å². The van der Waals surface area contributed by atoms with E-state index in [0.29, 0.717) is 5.56 Å². The van der Waals surface area contributed by atoms with E-state index < -0.39 is 30.0 Å². The van der Waals surface area contributed by atoms with Gasteiger partial charge in [-0.2, -0.15) is 0 Å². The number of benzene rings is 7. The number of nitrogens with one attached hydrogen (secondary N) is 1. The molecule has 7 aromatic rings. The maximum atomic E-state index is 15.9. The molecule has 1 fully saturated rings. The molecule has 8 rings (SSSR count). The van der Waals surface area contributed by atoms with Crippen LogP contribution in [0.4, 0.5) is 0 Å². The Balaban J connectivity index is 1.25. The van der Waals surface area contributed by atoms with Gasteiger partial charge in [-0.1, -0.05) is 133 Å². The minimum Gasteiger partial charge on any atom is -0.480 e. The number of aliphatic carboxylic acids is 3. The molecule has 1 aliphatic rings. The number of carboxylic acid groups (broad SMARTS) is 3. The highest BCUT2D eigenvalue weighted by molar-refractivity contribution is 6.23. The predicted molar refractivity (Wildman–Crippen MR) is 261 cm³/mol. The molecule has 7 aromatic carbocycles. The first-order chi connectivity index (χ1) is 33.0. The predicted octanol–water partition coefficient (Wildman–Crippen LogP) is 6.04. The van der Waals surface area contributed by atoms with Crippen LogP contribution in [0.2, 0.25) is 0 Å². The quantitative estimate of drug-likeness (QED) is 0.0831. The molecule has 0 bridgehead atoms. The Morgan fingerprint density at radius 2 is 0.838 bits per heavy atom. The number of carbonyl (C=O) groups is 5. The number of hydrogen-bond donors (Lipinski definition) is 4. The molecule has 0 saturated carbocycles. The van der Waals surface area contributed by atoms with Gasteiger partial charge < -0.3 is 25.5 Å². The van der Waals surface area contributed by atoms with Gasteiger partial charge >= 0.3 is 17.9 Å². The molecule has 350 valence electrons. The van der Waals surface area contributed by atoms with Crippen LogP contribution >= 0.6 is 0 Å². The van der Waals surface area contributed by atoms with Crippen molar-refractivity contribution in [1.82, 2.24) is 29.8 Å². The molecule has 4 N–H and O–H groups in total. The highest BCUT2D eigenvalue weighted by Crippen LogP contribution is 2.41. The van der Waals surface area contributed by atoms with Crippen molar-refractivity contribution in [1.29, 1.82) is 0 Å². The van der Waals surface area contributed by atoms with Crippen LogP contribution in [0.3, 0.4) is 0 Å². The molecular weight excluding hydrogens is 861 g/mol. The van der Waals surface area contributed by atoms with Crippen LogP contribution in [0.25, 0.3) is 32.3 Å². The largest absolute Gasteiger partial charge is 0.480 e. The molecule has 1 unspecified atom stereocenters. The number of nitrogens with zero attached hydrogens (tertiary/aromatic N) is 5. The van der Waals surface area contributed by atoms with Gasteiger partial charge in [0.1, 0.15) is 6.04 Å². The second-order valence-electron chi connectivity index (χ2n) is 17.5. The molecule has 1 atom stereocenters. The third-order valence-electron chi connectivity index (χ3n) is 12.8. The van der Waals surface area contributed by atoms with Crippen molar-refractivity contribution in [3.63, 3.8) is 0 Å². The van der Waals surface area contributed by atoms with Gasteiger partial charge in [0.05, 0.1) is 32.2 Å². The van der Waals surface area contributed by atoms with Crippen molar-refractivity contribution in [2.45, 2.75) is 18.6 Å². The third-order valence-corrected chi connectivity index (χ3v) is 12.8. The Kier molecular flexibility index (Phi) is 15.3. The number of hydrogen-bond acceptors (Lipinski definition) is 9. The highest BCUT2D eigenvalue weighted by Gasteiger charge is 2.39. The zero-order valence-corrected chi connectivity index (χ0v) is 37.8. The summed E-state index contributed by atoms with van der Waals surface area (Å²) < 4.78 is 0. The van der Waals surface area contributed by atoms with Gasteiger partial charge in [-0.15, -0.1) is 0 Å². The minimum atomic E-state index is -1.17. The van der Waals surface area contributed by atoms with Crippen LogP contribution in [0.1, 0.15) is 34.3 Å². The lowest BCUT2D eigenvalue weighted by Gasteiger charge is -2.40. The average Bonchev–Trinajstić information content (AvgIpc) is 3.33. The molecule has 0 aliphatic carbocycles. The summed E-state index contributed by atoms with van der Waals surface area (Å²) in [6.07, 6.45) is 0. The lowest BCUT2D eigenvalue weighted by Crippen LogP contribution is -2.52. The summed E-state index contributed by atoms with van der Waals surface area (Å²) in [6.45, 7) is 0.953. The van der Waals surface area contributed by atoms with Crippen LogP contribution < -0.4 is 5.32 Å². The summed E-state index contributed by atoms with van der Waals surface area (Å²) in [7, 11) is 0. The van der Waals surface area contributed by atoms with Gasteiger partial charge in [0, 0.05) is 58.9 Å². The Hall–Kier alpha value is -7.23. The molecule has 2 amide bonds. The SMILES string of the molecule is O=C(O)CN1CCN(CC(=O)O)CCN(CC(=O)N(C(C(=O)NCc2ccccc2)c2cc3ccc4cccc5ccc(c2)c3c45)C(c2ccccc2)c2ccccc2)CCN(CC(=O)O)CC1. The summed E-state index contributed by atoms with van der Waals surface area (Å²) >= 11 is 0. The van der Waals surface area contributed by atoms with E-state index in [2.05, 4.69) is 41.7 Å². The molecule has 1 aliphatic heterocycles. The zero-order chi connectivity index (χ0) is 47.6. The van der Waals surface area contributed by atoms with Gasteiger partial charge in [-0.3, -0.25) is 43.6 Å². The fourth-order valence-electron chi connectivity index (χ4n) is 9.53. The molecule has 1 heterocycles. The second-order valence-corrected chi connectivity index (χ2v) is 17.5. The summed E-state index contributed by atoms with van der Waals surface area (Å²) in [6, 6.07) is 45.5. The van der Waals surface area contributed by atoms with Crippen LogP contribution in [0.5, 0.6) is 0 Å². The van der Waals surface area contributed by atoms with E-state index in [9.17, 15) is 29.7 Å². The zero-order valence-electron chi connectivity index (χ0n) is 37.8.